The highest BCUT2D eigenvalue weighted by molar-refractivity contribution is 7.89. The van der Waals surface area contributed by atoms with Gasteiger partial charge < -0.3 is 13.3 Å². The molecule has 0 aliphatic heterocycles. The first-order chi connectivity index (χ1) is 34.2. The van der Waals surface area contributed by atoms with Gasteiger partial charge in [-0.15, -0.1) is 0 Å². The Labute approximate surface area is 436 Å². The normalized spacial score (nSPS) is 11.6. The van der Waals surface area contributed by atoms with Gasteiger partial charge in [-0.3, -0.25) is 0 Å². The van der Waals surface area contributed by atoms with Gasteiger partial charge in [0.25, 0.3) is 0 Å². The zero-order chi connectivity index (χ0) is 53.3. The fourth-order valence-electron chi connectivity index (χ4n) is 7.20. The van der Waals surface area contributed by atoms with Crippen molar-refractivity contribution < 1.29 is 38.5 Å². The van der Waals surface area contributed by atoms with E-state index < -0.39 is 47.3 Å². The Balaban J connectivity index is 0.000000160. The van der Waals surface area contributed by atoms with Crippen LogP contribution >= 0.6 is 46.4 Å². The van der Waals surface area contributed by atoms with E-state index in [-0.39, 0.29) is 19.7 Å². The summed E-state index contributed by atoms with van der Waals surface area (Å²) < 4.78 is 87.7. The van der Waals surface area contributed by atoms with Crippen LogP contribution < -0.4 is 32.7 Å². The van der Waals surface area contributed by atoms with Crippen LogP contribution in [0.2, 0.25) is 20.1 Å². The Morgan fingerprint density at radius 3 is 1.12 bits per heavy atom. The van der Waals surface area contributed by atoms with Gasteiger partial charge in [0.1, 0.15) is 17.8 Å². The minimum Gasteiger partial charge on any atom is -0.415 e. The van der Waals surface area contributed by atoms with E-state index in [0.29, 0.717) is 77.4 Å². The van der Waals surface area contributed by atoms with Gasteiger partial charge in [-0.05, 0) is 106 Å². The van der Waals surface area contributed by atoms with Gasteiger partial charge >= 0.3 is 17.3 Å². The summed E-state index contributed by atoms with van der Waals surface area (Å²) >= 11 is 23.8. The van der Waals surface area contributed by atoms with Crippen LogP contribution in [-0.4, -0.2) is 39.0 Å². The number of aryl methyl sites for hydroxylation is 3. The number of hydrogen-bond acceptors (Lipinski definition) is 12. The second-order valence-electron chi connectivity index (χ2n) is 15.7. The molecule has 0 unspecified atom stereocenters. The summed E-state index contributed by atoms with van der Waals surface area (Å²) in [5.74, 6) is -0.884. The van der Waals surface area contributed by atoms with Crippen LogP contribution in [0.4, 0.5) is 0 Å². The maximum absolute atomic E-state index is 12.3. The number of oxazole rings is 3. The number of nitrogens with two attached hydrogens (primary N) is 3. The molecule has 0 fully saturated rings. The van der Waals surface area contributed by atoms with E-state index in [1.165, 1.54) is 74.6 Å². The second kappa shape index (κ2) is 21.4. The molecular formula is C48H38Cl4N6O12S3. The lowest BCUT2D eigenvalue weighted by molar-refractivity contribution is 0.479. The summed E-state index contributed by atoms with van der Waals surface area (Å²) in [4.78, 5) is 36.5. The Kier molecular flexibility index (Phi) is 15.8. The first-order valence-corrected chi connectivity index (χ1v) is 26.9. The van der Waals surface area contributed by atoms with Crippen LogP contribution in [0.1, 0.15) is 17.1 Å². The van der Waals surface area contributed by atoms with Crippen molar-refractivity contribution >= 4 is 76.5 Å². The first kappa shape index (κ1) is 54.0. The highest BCUT2D eigenvalue weighted by Crippen LogP contribution is 2.32. The highest BCUT2D eigenvalue weighted by Gasteiger charge is 2.21. The number of primary sulfonamides is 3. The lowest BCUT2D eigenvalue weighted by atomic mass is 10.1. The molecule has 73 heavy (non-hydrogen) atoms. The molecule has 0 amide bonds. The molecule has 0 spiro atoms. The molecule has 18 nitrogen and oxygen atoms in total. The van der Waals surface area contributed by atoms with Crippen molar-refractivity contribution in [2.24, 2.45) is 15.4 Å². The number of sulfonamides is 3. The van der Waals surface area contributed by atoms with E-state index in [1.54, 1.807) is 68.4 Å². The van der Waals surface area contributed by atoms with E-state index in [1.807, 2.05) is 31.2 Å². The van der Waals surface area contributed by atoms with Gasteiger partial charge in [0, 0.05) is 16.7 Å². The smallest absolute Gasteiger partial charge is 0.415 e. The Bertz CT molecular complexity index is 4070. The zero-order valence-electron chi connectivity index (χ0n) is 38.0. The third-order valence-corrected chi connectivity index (χ3v) is 14.9. The SMILES string of the molecule is Cc1ccc(-n2c(-c3ccc(S(N)(=O)=O)cc3)c(C)oc2=O)cc1.Cc1oc(=O)n(-c2ccc(Cl)c(Cl)c2)c1-c1ccc(S(N)(=O)=O)cc1.NS(=O)(=O)c1ccc(-c2coc(=O)n2-c2ccc(Cl)c(Cl)c2)cc1. The predicted octanol–water partition coefficient (Wildman–Crippen LogP) is 8.77. The van der Waals surface area contributed by atoms with Gasteiger partial charge in [-0.25, -0.2) is 68.8 Å². The molecular weight excluding hydrogens is 1090 g/mol. The van der Waals surface area contributed by atoms with Gasteiger partial charge in [0.15, 0.2) is 0 Å². The summed E-state index contributed by atoms with van der Waals surface area (Å²) in [5.41, 5.74) is 5.98. The molecule has 3 aromatic heterocycles. The zero-order valence-corrected chi connectivity index (χ0v) is 43.5. The Morgan fingerprint density at radius 2 is 0.753 bits per heavy atom. The van der Waals surface area contributed by atoms with E-state index in [4.69, 9.17) is 75.1 Å². The van der Waals surface area contributed by atoms with Crippen LogP contribution in [0, 0.1) is 20.8 Å². The van der Waals surface area contributed by atoms with Crippen LogP contribution in [-0.2, 0) is 30.1 Å². The van der Waals surface area contributed by atoms with Gasteiger partial charge in [-0.2, -0.15) is 0 Å². The molecule has 378 valence electrons. The highest BCUT2D eigenvalue weighted by atomic mass is 35.5. The summed E-state index contributed by atoms with van der Waals surface area (Å²) in [6, 6.07) is 34.5. The van der Waals surface area contributed by atoms with Gasteiger partial charge in [0.05, 0.1) is 68.9 Å². The largest absolute Gasteiger partial charge is 0.424 e. The maximum Gasteiger partial charge on any atom is 0.424 e. The second-order valence-corrected chi connectivity index (χ2v) is 22.0. The molecule has 0 saturated heterocycles. The lowest BCUT2D eigenvalue weighted by Gasteiger charge is -2.09. The van der Waals surface area contributed by atoms with Gasteiger partial charge in [-0.1, -0.05) is 100 Å². The average molecular weight is 1130 g/mol. The van der Waals surface area contributed by atoms with Crippen LogP contribution in [0.15, 0.2) is 182 Å². The van der Waals surface area contributed by atoms with E-state index in [0.717, 1.165) is 5.56 Å². The summed E-state index contributed by atoms with van der Waals surface area (Å²) in [6.45, 7) is 5.29. The monoisotopic (exact) mass is 1130 g/mol. The molecule has 0 saturated carbocycles. The molecule has 0 aliphatic carbocycles. The quantitative estimate of drug-likeness (QED) is 0.122. The fourth-order valence-corrected chi connectivity index (χ4v) is 9.33. The van der Waals surface area contributed by atoms with E-state index in [9.17, 15) is 39.6 Å². The Morgan fingerprint density at radius 1 is 0.411 bits per heavy atom. The summed E-state index contributed by atoms with van der Waals surface area (Å²) in [5, 5.41) is 16.6. The third-order valence-electron chi connectivity index (χ3n) is 10.7. The molecule has 3 heterocycles. The minimum atomic E-state index is -3.80. The lowest BCUT2D eigenvalue weighted by Crippen LogP contribution is -2.13. The van der Waals surface area contributed by atoms with Crippen molar-refractivity contribution in [3.8, 4) is 50.8 Å². The molecule has 6 N–H and O–H groups in total. The summed E-state index contributed by atoms with van der Waals surface area (Å²) in [7, 11) is -11.4. The summed E-state index contributed by atoms with van der Waals surface area (Å²) in [6.07, 6.45) is 1.27. The molecule has 25 heteroatoms. The van der Waals surface area contributed by atoms with Crippen molar-refractivity contribution in [2.45, 2.75) is 35.5 Å². The predicted molar refractivity (Wildman–Crippen MR) is 278 cm³/mol. The van der Waals surface area contributed by atoms with Crippen molar-refractivity contribution in [3.05, 3.63) is 209 Å². The topological polar surface area (TPSA) is 286 Å². The molecule has 0 bridgehead atoms. The fraction of sp³-hybridized carbons (Fsp3) is 0.0625. The number of hydrogen-bond donors (Lipinski definition) is 3. The number of rotatable bonds is 9. The standard InChI is InChI=1S/C17H16N2O4S.C16H12Cl2N2O4S.C15H10Cl2N2O4S/c1-11-3-7-14(8-4-11)19-16(12(2)23-17(19)20)13-5-9-15(10-6-13)24(18,21)22;1-9-15(10-2-5-12(6-3-10)25(19,22)23)20(16(21)24-9)11-4-7-13(17)14(18)8-11;16-12-6-3-10(7-13(12)17)19-14(8-23-15(19)20)9-1-4-11(5-2-9)24(18,21)22/h3-10H,1-2H3,(H2,18,21,22);2-8H,1H3,(H2,19,22,23);1-8H,(H2,18,21,22). The maximum atomic E-state index is 12.3. The number of halogens is 4. The molecule has 0 atom stereocenters. The molecule has 9 rings (SSSR count). The van der Waals surface area contributed by atoms with Crippen LogP contribution in [0.25, 0.3) is 50.8 Å². The van der Waals surface area contributed by atoms with Gasteiger partial charge in [0.2, 0.25) is 30.1 Å². The van der Waals surface area contributed by atoms with E-state index >= 15 is 0 Å². The van der Waals surface area contributed by atoms with Crippen molar-refractivity contribution in [3.63, 3.8) is 0 Å². The van der Waals surface area contributed by atoms with Crippen molar-refractivity contribution in [1.29, 1.82) is 0 Å². The van der Waals surface area contributed by atoms with Crippen LogP contribution in [0.3, 0.4) is 0 Å². The minimum absolute atomic E-state index is 0.0108. The Hall–Kier alpha value is -6.76. The number of aromatic nitrogens is 3. The van der Waals surface area contributed by atoms with Crippen molar-refractivity contribution in [2.75, 3.05) is 0 Å². The molecule has 9 aromatic rings. The molecule has 6 aromatic carbocycles. The number of benzene rings is 6. The number of nitrogens with zero attached hydrogens (tertiary/aromatic N) is 3. The third kappa shape index (κ3) is 12.2. The molecule has 0 radical (unpaired) electrons. The van der Waals surface area contributed by atoms with E-state index in [2.05, 4.69) is 0 Å². The average Bonchev–Trinajstić information content (AvgIpc) is 3.97. The first-order valence-electron chi connectivity index (χ1n) is 20.8. The van der Waals surface area contributed by atoms with Crippen molar-refractivity contribution in [1.82, 2.24) is 13.7 Å². The molecule has 0 aliphatic rings. The van der Waals surface area contributed by atoms with Crippen LogP contribution in [0.5, 0.6) is 0 Å².